The molecule has 3 rings (SSSR count). The lowest BCUT2D eigenvalue weighted by Gasteiger charge is -2.33. The van der Waals surface area contributed by atoms with E-state index in [0.717, 1.165) is 28.1 Å². The zero-order valence-corrected chi connectivity index (χ0v) is 24.4. The second-order valence-corrected chi connectivity index (χ2v) is 11.7. The van der Waals surface area contributed by atoms with Crippen LogP contribution in [0.3, 0.4) is 0 Å². The molecular weight excluding hydrogens is 526 g/mol. The van der Waals surface area contributed by atoms with Crippen molar-refractivity contribution in [3.63, 3.8) is 0 Å². The highest BCUT2D eigenvalue weighted by Crippen LogP contribution is 2.23. The lowest BCUT2D eigenvalue weighted by Crippen LogP contribution is -2.53. The molecule has 0 radical (unpaired) electrons. The number of hydrogen-bond donors (Lipinski definition) is 1. The molecule has 0 spiro atoms. The fourth-order valence-electron chi connectivity index (χ4n) is 4.20. The Hall–Kier alpha value is -3.85. The van der Waals surface area contributed by atoms with Crippen molar-refractivity contribution >= 4 is 27.5 Å². The number of ether oxygens (including phenoxy) is 1. The van der Waals surface area contributed by atoms with Gasteiger partial charge in [0, 0.05) is 12.6 Å². The molecule has 214 valence electrons. The largest absolute Gasteiger partial charge is 0.489 e. The van der Waals surface area contributed by atoms with Gasteiger partial charge < -0.3 is 15.0 Å². The number of rotatable bonds is 14. The van der Waals surface area contributed by atoms with E-state index >= 15 is 0 Å². The summed E-state index contributed by atoms with van der Waals surface area (Å²) in [5.41, 5.74) is 2.19. The summed E-state index contributed by atoms with van der Waals surface area (Å²) in [5, 5.41) is 2.97. The molecule has 3 aromatic carbocycles. The summed E-state index contributed by atoms with van der Waals surface area (Å²) in [6, 6.07) is 24.8. The minimum Gasteiger partial charge on any atom is -0.489 e. The van der Waals surface area contributed by atoms with E-state index < -0.39 is 28.5 Å². The Morgan fingerprint density at radius 3 is 1.95 bits per heavy atom. The first-order chi connectivity index (χ1) is 19.1. The van der Waals surface area contributed by atoms with Crippen LogP contribution in [-0.2, 0) is 32.8 Å². The Bertz CT molecular complexity index is 1330. The molecule has 2 atom stereocenters. The van der Waals surface area contributed by atoms with Crippen molar-refractivity contribution < 1.29 is 22.7 Å². The number of carbonyl (C=O) groups excluding carboxylic acids is 2. The van der Waals surface area contributed by atoms with Gasteiger partial charge in [0.25, 0.3) is 0 Å². The average molecular weight is 566 g/mol. The summed E-state index contributed by atoms with van der Waals surface area (Å²) in [6.07, 6.45) is 2.20. The fraction of sp³-hybridized carbons (Fsp3) is 0.355. The smallest absolute Gasteiger partial charge is 0.244 e. The number of carbonyl (C=O) groups is 2. The molecule has 0 unspecified atom stereocenters. The van der Waals surface area contributed by atoms with Crippen LogP contribution >= 0.6 is 0 Å². The molecule has 0 heterocycles. The van der Waals surface area contributed by atoms with Crippen molar-refractivity contribution in [3.05, 3.63) is 96.1 Å². The number of amides is 2. The Balaban J connectivity index is 1.83. The van der Waals surface area contributed by atoms with Gasteiger partial charge in [-0.25, -0.2) is 8.42 Å². The predicted molar refractivity (Wildman–Crippen MR) is 158 cm³/mol. The highest BCUT2D eigenvalue weighted by atomic mass is 32.2. The molecule has 0 aliphatic rings. The van der Waals surface area contributed by atoms with Gasteiger partial charge in [0.1, 0.15) is 24.9 Å². The topological polar surface area (TPSA) is 96.0 Å². The van der Waals surface area contributed by atoms with Crippen molar-refractivity contribution in [2.45, 2.75) is 58.8 Å². The van der Waals surface area contributed by atoms with Gasteiger partial charge in [0.15, 0.2) is 0 Å². The van der Waals surface area contributed by atoms with Crippen molar-refractivity contribution in [1.29, 1.82) is 0 Å². The van der Waals surface area contributed by atoms with Crippen LogP contribution in [0.5, 0.6) is 5.75 Å². The molecule has 1 N–H and O–H groups in total. The number of sulfonamides is 1. The maximum atomic E-state index is 13.8. The van der Waals surface area contributed by atoms with Crippen molar-refractivity contribution in [2.24, 2.45) is 0 Å². The maximum Gasteiger partial charge on any atom is 0.244 e. The summed E-state index contributed by atoms with van der Waals surface area (Å²) < 4.78 is 32.6. The van der Waals surface area contributed by atoms with Crippen LogP contribution in [0.4, 0.5) is 5.69 Å². The van der Waals surface area contributed by atoms with Gasteiger partial charge >= 0.3 is 0 Å². The van der Waals surface area contributed by atoms with Crippen LogP contribution in [0.1, 0.15) is 44.7 Å². The molecule has 0 aromatic heterocycles. The standard InChI is InChI=1S/C31H39N3O5S/c1-5-24(3)32-31(36)29(6-2)33(21-25-13-9-7-10-14-25)30(35)22-34(40(4,37)38)27-17-19-28(20-18-27)39-23-26-15-11-8-12-16-26/h7-20,24,29H,5-6,21-23H2,1-4H3,(H,32,36)/t24-,29+/m0/s1. The van der Waals surface area contributed by atoms with Gasteiger partial charge in [-0.3, -0.25) is 13.9 Å². The molecule has 0 fully saturated rings. The van der Waals surface area contributed by atoms with E-state index in [4.69, 9.17) is 4.74 Å². The summed E-state index contributed by atoms with van der Waals surface area (Å²) in [5.74, 6) is -0.150. The maximum absolute atomic E-state index is 13.8. The van der Waals surface area contributed by atoms with E-state index in [1.54, 1.807) is 24.3 Å². The third-order valence-corrected chi connectivity index (χ3v) is 7.78. The zero-order chi connectivity index (χ0) is 29.1. The number of nitrogens with one attached hydrogen (secondary N) is 1. The summed E-state index contributed by atoms with van der Waals surface area (Å²) in [4.78, 5) is 28.4. The molecule has 0 saturated carbocycles. The Morgan fingerprint density at radius 2 is 1.43 bits per heavy atom. The Labute approximate surface area is 238 Å². The van der Waals surface area contributed by atoms with E-state index in [9.17, 15) is 18.0 Å². The number of nitrogens with zero attached hydrogens (tertiary/aromatic N) is 2. The Kier molecular flexibility index (Phi) is 11.1. The van der Waals surface area contributed by atoms with Crippen LogP contribution in [0.15, 0.2) is 84.9 Å². The summed E-state index contributed by atoms with van der Waals surface area (Å²) >= 11 is 0. The highest BCUT2D eigenvalue weighted by Gasteiger charge is 2.32. The average Bonchev–Trinajstić information content (AvgIpc) is 2.95. The van der Waals surface area contributed by atoms with Gasteiger partial charge in [-0.1, -0.05) is 74.5 Å². The molecule has 2 amide bonds. The number of benzene rings is 3. The minimum atomic E-state index is -3.82. The first-order valence-corrected chi connectivity index (χ1v) is 15.4. The van der Waals surface area contributed by atoms with Crippen molar-refractivity contribution in [2.75, 3.05) is 17.1 Å². The highest BCUT2D eigenvalue weighted by molar-refractivity contribution is 7.92. The molecule has 40 heavy (non-hydrogen) atoms. The van der Waals surface area contributed by atoms with E-state index in [0.29, 0.717) is 24.5 Å². The van der Waals surface area contributed by atoms with Crippen LogP contribution in [-0.4, -0.2) is 50.0 Å². The minimum absolute atomic E-state index is 0.0506. The zero-order valence-electron chi connectivity index (χ0n) is 23.6. The normalized spacial score (nSPS) is 12.7. The Morgan fingerprint density at radius 1 is 0.850 bits per heavy atom. The van der Waals surface area contributed by atoms with Crippen LogP contribution in [0.25, 0.3) is 0 Å². The van der Waals surface area contributed by atoms with Gasteiger partial charge in [0.05, 0.1) is 11.9 Å². The molecule has 9 heteroatoms. The third-order valence-electron chi connectivity index (χ3n) is 6.63. The van der Waals surface area contributed by atoms with Crippen LogP contribution in [0, 0.1) is 0 Å². The van der Waals surface area contributed by atoms with Crippen molar-refractivity contribution in [3.8, 4) is 5.75 Å². The van der Waals surface area contributed by atoms with Gasteiger partial charge in [0.2, 0.25) is 21.8 Å². The molecule has 8 nitrogen and oxygen atoms in total. The second-order valence-electron chi connectivity index (χ2n) is 9.79. The third kappa shape index (κ3) is 8.84. The van der Waals surface area contributed by atoms with Crippen LogP contribution in [0.2, 0.25) is 0 Å². The van der Waals surface area contributed by atoms with E-state index in [1.165, 1.54) is 4.90 Å². The fourth-order valence-corrected chi connectivity index (χ4v) is 5.05. The van der Waals surface area contributed by atoms with Gasteiger partial charge in [-0.15, -0.1) is 0 Å². The number of hydrogen-bond acceptors (Lipinski definition) is 5. The number of anilines is 1. The SMILES string of the molecule is CC[C@H](C(=O)N[C@@H](C)CC)N(Cc1ccccc1)C(=O)CN(c1ccc(OCc2ccccc2)cc1)S(C)(=O)=O. The predicted octanol–water partition coefficient (Wildman–Crippen LogP) is 4.75. The molecule has 0 bridgehead atoms. The lowest BCUT2D eigenvalue weighted by atomic mass is 10.1. The van der Waals surface area contributed by atoms with Crippen LogP contribution < -0.4 is 14.4 Å². The first kappa shape index (κ1) is 30.7. The van der Waals surface area contributed by atoms with Crippen molar-refractivity contribution in [1.82, 2.24) is 10.2 Å². The van der Waals surface area contributed by atoms with E-state index in [-0.39, 0.29) is 18.5 Å². The van der Waals surface area contributed by atoms with Gasteiger partial charge in [-0.05, 0) is 55.2 Å². The summed E-state index contributed by atoms with van der Waals surface area (Å²) in [6.45, 7) is 5.83. The molecule has 0 aliphatic carbocycles. The lowest BCUT2D eigenvalue weighted by molar-refractivity contribution is -0.140. The quantitative estimate of drug-likeness (QED) is 0.304. The van der Waals surface area contributed by atoms with E-state index in [2.05, 4.69) is 5.32 Å². The summed E-state index contributed by atoms with van der Waals surface area (Å²) in [7, 11) is -3.82. The molecule has 3 aromatic rings. The second kappa shape index (κ2) is 14.5. The monoisotopic (exact) mass is 565 g/mol. The van der Waals surface area contributed by atoms with Gasteiger partial charge in [-0.2, -0.15) is 0 Å². The molecule has 0 aliphatic heterocycles. The van der Waals surface area contributed by atoms with E-state index in [1.807, 2.05) is 81.4 Å². The molecule has 0 saturated heterocycles. The first-order valence-electron chi connectivity index (χ1n) is 13.5. The molecular formula is C31H39N3O5S.